The molecule has 0 saturated carbocycles. The van der Waals surface area contributed by atoms with Crippen molar-refractivity contribution >= 4 is 11.6 Å². The number of nitrogens with two attached hydrogens (primary N) is 1. The lowest BCUT2D eigenvalue weighted by Gasteiger charge is -2.28. The predicted octanol–water partition coefficient (Wildman–Crippen LogP) is 2.04. The van der Waals surface area contributed by atoms with Gasteiger partial charge in [0.15, 0.2) is 0 Å². The van der Waals surface area contributed by atoms with E-state index in [2.05, 4.69) is 17.3 Å². The molecule has 0 radical (unpaired) electrons. The molecule has 1 aromatic rings. The molecule has 0 aliphatic carbocycles. The number of benzene rings is 1. The second kappa shape index (κ2) is 6.75. The van der Waals surface area contributed by atoms with Crippen molar-refractivity contribution in [2.24, 2.45) is 5.92 Å². The zero-order valence-corrected chi connectivity index (χ0v) is 12.5. The van der Waals surface area contributed by atoms with Crippen LogP contribution < -0.4 is 11.1 Å². The number of rotatable bonds is 4. The molecule has 0 bridgehead atoms. The highest BCUT2D eigenvalue weighted by molar-refractivity contribution is 5.99. The van der Waals surface area contributed by atoms with E-state index in [-0.39, 0.29) is 5.91 Å². The van der Waals surface area contributed by atoms with Gasteiger partial charge in [-0.1, -0.05) is 12.1 Å². The molecule has 1 aromatic carbocycles. The number of likely N-dealkylation sites (tertiary alicyclic amines) is 1. The fourth-order valence-corrected chi connectivity index (χ4v) is 2.71. The van der Waals surface area contributed by atoms with Crippen LogP contribution >= 0.6 is 0 Å². The SMILES string of the molecule is Cc1cccc(C(=O)NCCC2CCN(C)CC2)c1N. The number of carbonyl (C=O) groups excluding carboxylic acids is 1. The molecule has 1 saturated heterocycles. The minimum atomic E-state index is -0.0564. The van der Waals surface area contributed by atoms with Gasteiger partial charge in [-0.15, -0.1) is 0 Å². The van der Waals surface area contributed by atoms with Gasteiger partial charge in [-0.05, 0) is 63.9 Å². The minimum absolute atomic E-state index is 0.0564. The largest absolute Gasteiger partial charge is 0.398 e. The number of nitrogens with one attached hydrogen (secondary N) is 1. The highest BCUT2D eigenvalue weighted by Crippen LogP contribution is 2.19. The molecule has 0 aromatic heterocycles. The molecular formula is C16H25N3O. The van der Waals surface area contributed by atoms with Crippen LogP contribution in [0, 0.1) is 12.8 Å². The summed E-state index contributed by atoms with van der Waals surface area (Å²) in [5.74, 6) is 0.681. The van der Waals surface area contributed by atoms with Gasteiger partial charge < -0.3 is 16.0 Å². The zero-order valence-electron chi connectivity index (χ0n) is 12.5. The molecule has 2 rings (SSSR count). The van der Waals surface area contributed by atoms with E-state index in [9.17, 15) is 4.79 Å². The summed E-state index contributed by atoms with van der Waals surface area (Å²) in [4.78, 5) is 14.5. The number of nitrogens with zero attached hydrogens (tertiary/aromatic N) is 1. The fraction of sp³-hybridized carbons (Fsp3) is 0.562. The molecular weight excluding hydrogens is 250 g/mol. The summed E-state index contributed by atoms with van der Waals surface area (Å²) in [5, 5.41) is 2.99. The quantitative estimate of drug-likeness (QED) is 0.827. The molecule has 1 amide bonds. The number of anilines is 1. The van der Waals surface area contributed by atoms with E-state index < -0.39 is 0 Å². The van der Waals surface area contributed by atoms with Crippen LogP contribution in [0.25, 0.3) is 0 Å². The van der Waals surface area contributed by atoms with Gasteiger partial charge >= 0.3 is 0 Å². The molecule has 20 heavy (non-hydrogen) atoms. The Labute approximate surface area is 121 Å². The Balaban J connectivity index is 1.79. The van der Waals surface area contributed by atoms with Gasteiger partial charge in [-0.25, -0.2) is 0 Å². The fourth-order valence-electron chi connectivity index (χ4n) is 2.71. The van der Waals surface area contributed by atoms with E-state index >= 15 is 0 Å². The molecule has 1 fully saturated rings. The second-order valence-corrected chi connectivity index (χ2v) is 5.83. The molecule has 4 nitrogen and oxygen atoms in total. The maximum Gasteiger partial charge on any atom is 0.253 e. The van der Waals surface area contributed by atoms with Crippen LogP contribution in [-0.2, 0) is 0 Å². The summed E-state index contributed by atoms with van der Waals surface area (Å²) in [7, 11) is 2.17. The molecule has 0 atom stereocenters. The third-order valence-corrected chi connectivity index (χ3v) is 4.25. The smallest absolute Gasteiger partial charge is 0.253 e. The molecule has 0 unspecified atom stereocenters. The first kappa shape index (κ1) is 14.9. The first-order chi connectivity index (χ1) is 9.58. The first-order valence-corrected chi connectivity index (χ1v) is 7.39. The lowest BCUT2D eigenvalue weighted by molar-refractivity contribution is 0.0949. The van der Waals surface area contributed by atoms with Gasteiger partial charge in [0.25, 0.3) is 5.91 Å². The van der Waals surface area contributed by atoms with E-state index in [1.165, 1.54) is 25.9 Å². The van der Waals surface area contributed by atoms with Crippen molar-refractivity contribution in [1.82, 2.24) is 10.2 Å². The standard InChI is InChI=1S/C16H25N3O/c1-12-4-3-5-14(15(12)17)16(20)18-9-6-13-7-10-19(2)11-8-13/h3-5,13H,6-11,17H2,1-2H3,(H,18,20). The van der Waals surface area contributed by atoms with Crippen molar-refractivity contribution in [3.05, 3.63) is 29.3 Å². The van der Waals surface area contributed by atoms with Crippen LogP contribution in [0.5, 0.6) is 0 Å². The van der Waals surface area contributed by atoms with Gasteiger partial charge in [0.1, 0.15) is 0 Å². The third kappa shape index (κ3) is 3.73. The van der Waals surface area contributed by atoms with E-state index in [0.717, 1.165) is 24.4 Å². The Morgan fingerprint density at radius 2 is 2.10 bits per heavy atom. The minimum Gasteiger partial charge on any atom is -0.398 e. The Hall–Kier alpha value is -1.55. The highest BCUT2D eigenvalue weighted by Gasteiger charge is 2.17. The average molecular weight is 275 g/mol. The van der Waals surface area contributed by atoms with Gasteiger partial charge in [0.05, 0.1) is 5.56 Å². The summed E-state index contributed by atoms with van der Waals surface area (Å²) in [5.41, 5.74) is 8.08. The Morgan fingerprint density at radius 3 is 2.80 bits per heavy atom. The molecule has 1 aliphatic rings. The summed E-state index contributed by atoms with van der Waals surface area (Å²) >= 11 is 0. The normalized spacial score (nSPS) is 17.1. The molecule has 0 spiro atoms. The van der Waals surface area contributed by atoms with Crippen molar-refractivity contribution in [3.63, 3.8) is 0 Å². The number of nitrogen functional groups attached to an aromatic ring is 1. The zero-order chi connectivity index (χ0) is 14.5. The number of amides is 1. The molecule has 1 aliphatic heterocycles. The number of aryl methyl sites for hydroxylation is 1. The van der Waals surface area contributed by atoms with Crippen LogP contribution in [0.15, 0.2) is 18.2 Å². The Morgan fingerprint density at radius 1 is 1.40 bits per heavy atom. The molecule has 1 heterocycles. The topological polar surface area (TPSA) is 58.4 Å². The van der Waals surface area contributed by atoms with Crippen LogP contribution in [0.2, 0.25) is 0 Å². The molecule has 4 heteroatoms. The van der Waals surface area contributed by atoms with E-state index in [1.54, 1.807) is 6.07 Å². The van der Waals surface area contributed by atoms with Crippen LogP contribution in [0.3, 0.4) is 0 Å². The Bertz CT molecular complexity index is 465. The number of hydrogen-bond acceptors (Lipinski definition) is 3. The average Bonchev–Trinajstić information content (AvgIpc) is 2.44. The molecule has 3 N–H and O–H groups in total. The van der Waals surface area contributed by atoms with Crippen molar-refractivity contribution in [2.45, 2.75) is 26.2 Å². The van der Waals surface area contributed by atoms with Crippen molar-refractivity contribution in [3.8, 4) is 0 Å². The number of para-hydroxylation sites is 1. The maximum absolute atomic E-state index is 12.1. The number of carbonyl (C=O) groups is 1. The first-order valence-electron chi connectivity index (χ1n) is 7.39. The van der Waals surface area contributed by atoms with Crippen molar-refractivity contribution < 1.29 is 4.79 Å². The second-order valence-electron chi connectivity index (χ2n) is 5.83. The predicted molar refractivity (Wildman–Crippen MR) is 82.8 cm³/mol. The van der Waals surface area contributed by atoms with Crippen LogP contribution in [0.1, 0.15) is 35.2 Å². The Kier molecular flexibility index (Phi) is 5.01. The monoisotopic (exact) mass is 275 g/mol. The highest BCUT2D eigenvalue weighted by atomic mass is 16.1. The van der Waals surface area contributed by atoms with Gasteiger partial charge in [-0.2, -0.15) is 0 Å². The van der Waals surface area contributed by atoms with Gasteiger partial charge in [0.2, 0.25) is 0 Å². The van der Waals surface area contributed by atoms with Gasteiger partial charge in [0, 0.05) is 12.2 Å². The number of piperidine rings is 1. The van der Waals surface area contributed by atoms with E-state index in [0.29, 0.717) is 11.3 Å². The lowest BCUT2D eigenvalue weighted by Crippen LogP contribution is -2.32. The number of hydrogen-bond donors (Lipinski definition) is 2. The summed E-state index contributed by atoms with van der Waals surface area (Å²) in [6.45, 7) is 5.00. The van der Waals surface area contributed by atoms with Crippen molar-refractivity contribution in [2.75, 3.05) is 32.4 Å². The van der Waals surface area contributed by atoms with E-state index in [1.807, 2.05) is 19.1 Å². The maximum atomic E-state index is 12.1. The lowest BCUT2D eigenvalue weighted by atomic mass is 9.94. The third-order valence-electron chi connectivity index (χ3n) is 4.25. The van der Waals surface area contributed by atoms with Gasteiger partial charge in [-0.3, -0.25) is 4.79 Å². The molecule has 110 valence electrons. The van der Waals surface area contributed by atoms with E-state index in [4.69, 9.17) is 5.73 Å². The van der Waals surface area contributed by atoms with Crippen LogP contribution in [-0.4, -0.2) is 37.5 Å². The summed E-state index contributed by atoms with van der Waals surface area (Å²) in [6, 6.07) is 5.58. The van der Waals surface area contributed by atoms with Crippen LogP contribution in [0.4, 0.5) is 5.69 Å². The summed E-state index contributed by atoms with van der Waals surface area (Å²) in [6.07, 6.45) is 3.53. The van der Waals surface area contributed by atoms with Crippen molar-refractivity contribution in [1.29, 1.82) is 0 Å². The summed E-state index contributed by atoms with van der Waals surface area (Å²) < 4.78 is 0.